The van der Waals surface area contributed by atoms with Gasteiger partial charge in [0.15, 0.2) is 5.60 Å². The average molecular weight is 1590 g/mol. The maximum atomic E-state index is 14.3. The number of imide groups is 2. The third-order valence-electron chi connectivity index (χ3n) is 21.5. The maximum Gasteiger partial charge on any atom is 0.332 e. The minimum Gasteiger partial charge on any atom is -0.495 e. The minimum absolute atomic E-state index is 0.00595. The van der Waals surface area contributed by atoms with Gasteiger partial charge in [0, 0.05) is 115 Å². The lowest BCUT2D eigenvalue weighted by atomic mass is 9.87. The average Bonchev–Trinajstić information content (AvgIpc) is 1.73. The van der Waals surface area contributed by atoms with Crippen LogP contribution in [0.15, 0.2) is 201 Å². The molecule has 596 valence electrons. The molecule has 0 unspecified atom stereocenters. The predicted molar refractivity (Wildman–Crippen MR) is 440 cm³/mol. The molecular weight excluding hydrogens is 1500 g/mol. The lowest BCUT2D eigenvalue weighted by Gasteiger charge is -2.45. The molecule has 0 spiro atoms. The first-order chi connectivity index (χ1) is 55.9. The smallest absolute Gasteiger partial charge is 0.332 e. The first kappa shape index (κ1) is 80.6. The lowest BCUT2D eigenvalue weighted by Crippen LogP contribution is -2.58. The van der Waals surface area contributed by atoms with E-state index < -0.39 is 66.3 Å². The Hall–Kier alpha value is -11.0. The number of rotatable bonds is 33. The lowest BCUT2D eigenvalue weighted by molar-refractivity contribution is -0.138. The maximum absolute atomic E-state index is 14.3. The Morgan fingerprint density at radius 3 is 2.06 bits per heavy atom. The number of thioether (sulfide) groups is 2. The molecule has 6 N–H and O–H groups in total. The Balaban J connectivity index is 0.532. The van der Waals surface area contributed by atoms with Gasteiger partial charge >= 0.3 is 6.03 Å². The molecule has 4 aliphatic heterocycles. The van der Waals surface area contributed by atoms with Crippen LogP contribution in [-0.2, 0) is 62.0 Å². The number of nitrogens with zero attached hydrogens (tertiary/aromatic N) is 8. The van der Waals surface area contributed by atoms with E-state index >= 15 is 0 Å². The Morgan fingerprint density at radius 2 is 1.39 bits per heavy atom. The summed E-state index contributed by atoms with van der Waals surface area (Å²) >= 11 is 2.50. The second-order valence-corrected chi connectivity index (χ2v) is 31.5. The molecule has 0 bridgehead atoms. The van der Waals surface area contributed by atoms with Crippen LogP contribution in [0.1, 0.15) is 80.7 Å². The second-order valence-electron chi connectivity index (χ2n) is 29.4. The number of aromatic amines is 1. The molecule has 5 aliphatic rings. The summed E-state index contributed by atoms with van der Waals surface area (Å²) in [6, 6.07) is 49.5. The zero-order valence-corrected chi connectivity index (χ0v) is 66.1. The van der Waals surface area contributed by atoms with Crippen molar-refractivity contribution in [2.24, 2.45) is 7.05 Å². The Bertz CT molecular complexity index is 5140. The number of amides is 8. The summed E-state index contributed by atoms with van der Waals surface area (Å²) in [4.78, 5) is 133. The van der Waals surface area contributed by atoms with E-state index in [-0.39, 0.29) is 82.6 Å². The summed E-state index contributed by atoms with van der Waals surface area (Å²) in [5.74, 6) is 4.43. The van der Waals surface area contributed by atoms with Gasteiger partial charge in [0.2, 0.25) is 29.6 Å². The van der Waals surface area contributed by atoms with E-state index in [4.69, 9.17) is 28.9 Å². The monoisotopic (exact) mass is 1590 g/mol. The van der Waals surface area contributed by atoms with Gasteiger partial charge in [0.1, 0.15) is 24.0 Å². The summed E-state index contributed by atoms with van der Waals surface area (Å²) in [6.45, 7) is 5.06. The zero-order chi connectivity index (χ0) is 80.0. The van der Waals surface area contributed by atoms with Gasteiger partial charge in [-0.15, -0.1) is 0 Å². The number of aliphatic hydroxyl groups excluding tert-OH is 1. The number of ether oxygens (including phenoxy) is 4. The highest BCUT2D eigenvalue weighted by atomic mass is 32.2. The molecule has 2 atom stereocenters. The molecular formula is C87H93N13O13S2. The number of carbonyl (C=O) groups excluding carboxylic acids is 7. The van der Waals surface area contributed by atoms with Crippen molar-refractivity contribution in [1.29, 1.82) is 0 Å². The normalized spacial score (nSPS) is 16.9. The summed E-state index contributed by atoms with van der Waals surface area (Å²) in [5, 5.41) is 24.9. The number of aromatic nitrogens is 4. The molecule has 9 aromatic rings. The van der Waals surface area contributed by atoms with Crippen molar-refractivity contribution in [3.63, 3.8) is 0 Å². The third-order valence-corrected chi connectivity index (χ3v) is 23.8. The van der Waals surface area contributed by atoms with Gasteiger partial charge in [0.05, 0.1) is 92.6 Å². The van der Waals surface area contributed by atoms with Gasteiger partial charge in [0.25, 0.3) is 17.4 Å². The number of H-pyrrole nitrogens is 1. The van der Waals surface area contributed by atoms with Crippen LogP contribution in [-0.4, -0.2) is 204 Å². The van der Waals surface area contributed by atoms with Crippen LogP contribution in [0.2, 0.25) is 0 Å². The summed E-state index contributed by atoms with van der Waals surface area (Å²) in [5.41, 5.74) is 4.60. The second kappa shape index (κ2) is 37.1. The highest BCUT2D eigenvalue weighted by molar-refractivity contribution is 8.08. The summed E-state index contributed by atoms with van der Waals surface area (Å²) in [7, 11) is 3.24. The van der Waals surface area contributed by atoms with E-state index in [0.29, 0.717) is 56.6 Å². The molecule has 0 radical (unpaired) electrons. The SMILES string of the molecule is COc1ccc(C#CCNC2(C)CCN(C3CCN(c4nc([C@@](CO)(OC5CC5)c5ccccc5)c5cc(-c6cn(C)c(=O)c7[nH]ccc67)ccc5n4)CC3)CC2)cc1N1CCC(=O)N(CNC(=O)[C@H](Cc2ccccc2)NC(=O)CNC(=O)CCOCCOCCN2C(=O)C(Sc3ccccc3)=C(Sc3ccccc3)C2=O)C1=O. The molecule has 1 saturated carbocycles. The van der Waals surface area contributed by atoms with Crippen molar-refractivity contribution in [2.75, 3.05) is 109 Å². The fourth-order valence-electron chi connectivity index (χ4n) is 14.9. The quantitative estimate of drug-likeness (QED) is 0.0127. The molecule has 1 aliphatic carbocycles. The van der Waals surface area contributed by atoms with Crippen LogP contribution >= 0.6 is 23.5 Å². The number of likely N-dealkylation sites (tertiary alicyclic amines) is 1. The number of nitrogens with one attached hydrogen (secondary N) is 5. The number of pyridine rings is 1. The van der Waals surface area contributed by atoms with E-state index in [0.717, 1.165) is 118 Å². The number of fused-ring (bicyclic) bond motifs is 2. The van der Waals surface area contributed by atoms with Crippen LogP contribution in [0.4, 0.5) is 16.4 Å². The van der Waals surface area contributed by atoms with Crippen LogP contribution in [0.5, 0.6) is 5.75 Å². The topological polar surface area (TPSA) is 305 Å². The number of piperidine rings is 2. The Labute approximate surface area is 675 Å². The van der Waals surface area contributed by atoms with Gasteiger partial charge in [-0.1, -0.05) is 138 Å². The third kappa shape index (κ3) is 19.2. The molecule has 6 aromatic carbocycles. The first-order valence-corrected chi connectivity index (χ1v) is 40.5. The van der Waals surface area contributed by atoms with E-state index in [9.17, 15) is 43.5 Å². The molecule has 4 fully saturated rings. The number of hydrogen-bond donors (Lipinski definition) is 6. The van der Waals surface area contributed by atoms with E-state index in [1.807, 2.05) is 128 Å². The highest BCUT2D eigenvalue weighted by Crippen LogP contribution is 2.45. The van der Waals surface area contributed by atoms with Crippen LogP contribution in [0.3, 0.4) is 0 Å². The number of anilines is 2. The highest BCUT2D eigenvalue weighted by Gasteiger charge is 2.45. The number of hydrogen-bond acceptors (Lipinski definition) is 20. The van der Waals surface area contributed by atoms with Crippen LogP contribution in [0.25, 0.3) is 32.9 Å². The van der Waals surface area contributed by atoms with Crippen molar-refractivity contribution in [2.45, 2.75) is 104 Å². The number of benzene rings is 6. The Morgan fingerprint density at radius 1 is 0.722 bits per heavy atom. The van der Waals surface area contributed by atoms with Gasteiger partial charge in [-0.3, -0.25) is 43.4 Å². The molecule has 8 amide bonds. The van der Waals surface area contributed by atoms with E-state index in [1.165, 1.54) is 40.4 Å². The van der Waals surface area contributed by atoms with Crippen molar-refractivity contribution in [3.05, 3.63) is 219 Å². The van der Waals surface area contributed by atoms with Crippen molar-refractivity contribution < 1.29 is 57.6 Å². The molecule has 3 aromatic heterocycles. The van der Waals surface area contributed by atoms with E-state index in [1.54, 1.807) is 54.2 Å². The number of carbonyl (C=O) groups is 7. The number of aliphatic hydroxyl groups is 1. The molecule has 3 saturated heterocycles. The van der Waals surface area contributed by atoms with Crippen LogP contribution < -0.4 is 41.4 Å². The van der Waals surface area contributed by atoms with Gasteiger partial charge < -0.3 is 64.7 Å². The van der Waals surface area contributed by atoms with Gasteiger partial charge in [-0.2, -0.15) is 0 Å². The summed E-state index contributed by atoms with van der Waals surface area (Å²) in [6.07, 6.45) is 8.97. The Kier molecular flexibility index (Phi) is 26.0. The molecule has 14 rings (SSSR count). The van der Waals surface area contributed by atoms with Crippen LogP contribution in [0, 0.1) is 11.8 Å². The number of urea groups is 1. The minimum atomic E-state index is -1.27. The fourth-order valence-corrected chi connectivity index (χ4v) is 17.0. The number of aryl methyl sites for hydroxylation is 1. The number of methoxy groups -OCH3 is 1. The van der Waals surface area contributed by atoms with Gasteiger partial charge in [-0.25, -0.2) is 19.7 Å². The van der Waals surface area contributed by atoms with E-state index in [2.05, 4.69) is 60.9 Å². The molecule has 7 heterocycles. The largest absolute Gasteiger partial charge is 0.495 e. The molecule has 28 heteroatoms. The van der Waals surface area contributed by atoms with Gasteiger partial charge in [-0.05, 0) is 123 Å². The standard InChI is InChI=1S/C87H93N13O13S2/c1-86(37-44-96(45-38-86)62-33-41-97(42-34-62)84-93-69-30-27-60(68-55-95(2)81(106)76-66(68)32-40-88-76)53-67(69)79(94-84)87(56-101,113-63-28-29-63)61-20-10-5-11-21-61)91-39-16-19-59-26-31-72(110-3)71(52-59)98-43-35-75(104)100(85(98)109)57-90-80(105)70(51-58-17-8-4-9-18-58)92-74(103)54-89-73(102)36-47-111-49-50-112-48-46-99-82(107)77(114-64-22-12-6-13-23-64)78(83(99)108)115-65-24-14-7-15-25-65/h4-15,17-18,20-27,30-32,40,52-53,55,62-63,70,88,91,101H,28-29,33-39,41-51,54,56-57H2,1-3H3,(H,89,102)(H,90,105)(H,92,103)/t70-,87-/m0/s1. The first-order valence-electron chi connectivity index (χ1n) is 38.9. The summed E-state index contributed by atoms with van der Waals surface area (Å²) < 4.78 is 25.6. The molecule has 115 heavy (non-hydrogen) atoms. The van der Waals surface area contributed by atoms with Crippen molar-refractivity contribution in [1.82, 2.24) is 55.5 Å². The fraction of sp³-hybridized carbons (Fsp3) is 0.356. The predicted octanol–water partition coefficient (Wildman–Crippen LogP) is 9.03. The molecule has 26 nitrogen and oxygen atoms in total. The zero-order valence-electron chi connectivity index (χ0n) is 64.5. The van der Waals surface area contributed by atoms with Crippen molar-refractivity contribution >= 4 is 98.4 Å². The van der Waals surface area contributed by atoms with Crippen molar-refractivity contribution in [3.8, 4) is 28.7 Å².